The van der Waals surface area contributed by atoms with Crippen LogP contribution in [0.3, 0.4) is 0 Å². The molecule has 0 saturated heterocycles. The number of carboxylic acid groups (broad SMARTS) is 1. The summed E-state index contributed by atoms with van der Waals surface area (Å²) in [6.07, 6.45) is 4.79. The maximum atomic E-state index is 10.6. The molecule has 0 atom stereocenters. The van der Waals surface area contributed by atoms with Gasteiger partial charge in [-0.3, -0.25) is 4.68 Å². The third-order valence-corrected chi connectivity index (χ3v) is 2.03. The Morgan fingerprint density at radius 2 is 2.35 bits per heavy atom. The predicted octanol–water partition coefficient (Wildman–Crippen LogP) is 1.03. The van der Waals surface area contributed by atoms with E-state index in [1.54, 1.807) is 16.9 Å². The van der Waals surface area contributed by atoms with Crippen LogP contribution in [-0.2, 0) is 6.54 Å². The molecule has 0 aromatic carbocycles. The molecule has 2 aromatic heterocycles. The van der Waals surface area contributed by atoms with Gasteiger partial charge in [0, 0.05) is 18.6 Å². The zero-order valence-corrected chi connectivity index (χ0v) is 8.87. The van der Waals surface area contributed by atoms with E-state index in [9.17, 15) is 4.79 Å². The van der Waals surface area contributed by atoms with Crippen molar-refractivity contribution < 1.29 is 9.90 Å². The van der Waals surface area contributed by atoms with E-state index >= 15 is 0 Å². The van der Waals surface area contributed by atoms with Gasteiger partial charge in [0.2, 0.25) is 0 Å². The van der Waals surface area contributed by atoms with Crippen molar-refractivity contribution >= 4 is 5.97 Å². The molecule has 2 aromatic rings. The second-order valence-electron chi connectivity index (χ2n) is 3.24. The first kappa shape index (κ1) is 10.9. The number of aromatic carboxylic acids is 1. The van der Waals surface area contributed by atoms with Gasteiger partial charge >= 0.3 is 5.97 Å². The fraction of sp³-hybridized carbons (Fsp3) is 0.0833. The van der Waals surface area contributed by atoms with Crippen LogP contribution in [-0.4, -0.2) is 25.8 Å². The Balaban J connectivity index is 2.04. The Bertz CT molecular complexity index is 562. The maximum Gasteiger partial charge on any atom is 0.337 e. The Labute approximate surface area is 97.7 Å². The predicted molar refractivity (Wildman–Crippen MR) is 60.3 cm³/mol. The highest BCUT2D eigenvalue weighted by Gasteiger charge is 2.00. The molecule has 0 saturated carbocycles. The molecule has 5 nitrogen and oxygen atoms in total. The van der Waals surface area contributed by atoms with E-state index in [-0.39, 0.29) is 5.56 Å². The molecule has 0 aliphatic rings. The van der Waals surface area contributed by atoms with Gasteiger partial charge in [-0.15, -0.1) is 0 Å². The first-order valence-corrected chi connectivity index (χ1v) is 4.91. The van der Waals surface area contributed by atoms with Gasteiger partial charge in [-0.2, -0.15) is 5.10 Å². The topological polar surface area (TPSA) is 68.0 Å². The number of carbonyl (C=O) groups is 1. The highest BCUT2D eigenvalue weighted by atomic mass is 16.4. The first-order valence-electron chi connectivity index (χ1n) is 4.91. The van der Waals surface area contributed by atoms with Crippen molar-refractivity contribution in [3.05, 3.63) is 48.0 Å². The van der Waals surface area contributed by atoms with E-state index in [2.05, 4.69) is 21.9 Å². The molecule has 0 unspecified atom stereocenters. The monoisotopic (exact) mass is 227 g/mol. The minimum atomic E-state index is -0.992. The minimum absolute atomic E-state index is 0.155. The van der Waals surface area contributed by atoms with Crippen LogP contribution in [0.2, 0.25) is 0 Å². The van der Waals surface area contributed by atoms with Gasteiger partial charge < -0.3 is 5.11 Å². The number of nitrogens with zero attached hydrogens (tertiary/aromatic N) is 3. The van der Waals surface area contributed by atoms with E-state index in [0.717, 1.165) is 0 Å². The van der Waals surface area contributed by atoms with Gasteiger partial charge in [0.15, 0.2) is 0 Å². The highest BCUT2D eigenvalue weighted by molar-refractivity contribution is 5.87. The molecule has 84 valence electrons. The SMILES string of the molecule is O=C(O)c1ccc(C#CCn2cccn2)nc1. The Morgan fingerprint density at radius 3 is 2.94 bits per heavy atom. The summed E-state index contributed by atoms with van der Waals surface area (Å²) in [4.78, 5) is 14.5. The van der Waals surface area contributed by atoms with Crippen LogP contribution in [0.5, 0.6) is 0 Å². The van der Waals surface area contributed by atoms with Crippen molar-refractivity contribution in [2.75, 3.05) is 0 Å². The number of hydrogen-bond donors (Lipinski definition) is 1. The molecule has 0 aliphatic carbocycles. The van der Waals surface area contributed by atoms with Crippen molar-refractivity contribution in [3.63, 3.8) is 0 Å². The average Bonchev–Trinajstić information content (AvgIpc) is 2.83. The van der Waals surface area contributed by atoms with E-state index in [0.29, 0.717) is 12.2 Å². The van der Waals surface area contributed by atoms with Crippen molar-refractivity contribution in [3.8, 4) is 11.8 Å². The summed E-state index contributed by atoms with van der Waals surface area (Å²) in [6.45, 7) is 0.482. The largest absolute Gasteiger partial charge is 0.478 e. The van der Waals surface area contributed by atoms with Crippen LogP contribution in [0.1, 0.15) is 16.1 Å². The van der Waals surface area contributed by atoms with Crippen LogP contribution in [0.25, 0.3) is 0 Å². The Morgan fingerprint density at radius 1 is 1.47 bits per heavy atom. The standard InChI is InChI=1S/C12H9N3O2/c16-12(17)10-4-5-11(13-9-10)3-1-7-15-8-2-6-14-15/h2,4-6,8-9H,7H2,(H,16,17). The molecule has 0 spiro atoms. The molecule has 17 heavy (non-hydrogen) atoms. The van der Waals surface area contributed by atoms with Crippen molar-refractivity contribution in [2.24, 2.45) is 0 Å². The second kappa shape index (κ2) is 4.94. The number of carboxylic acids is 1. The summed E-state index contributed by atoms with van der Waals surface area (Å²) >= 11 is 0. The second-order valence-corrected chi connectivity index (χ2v) is 3.24. The van der Waals surface area contributed by atoms with Crippen LogP contribution in [0.15, 0.2) is 36.8 Å². The van der Waals surface area contributed by atoms with Crippen molar-refractivity contribution in [1.29, 1.82) is 0 Å². The molecule has 0 fully saturated rings. The van der Waals surface area contributed by atoms with Gasteiger partial charge in [-0.1, -0.05) is 5.92 Å². The maximum absolute atomic E-state index is 10.6. The van der Waals surface area contributed by atoms with Gasteiger partial charge in [0.05, 0.1) is 5.56 Å². The molecular formula is C12H9N3O2. The van der Waals surface area contributed by atoms with Gasteiger partial charge in [0.1, 0.15) is 12.2 Å². The molecule has 0 amide bonds. The fourth-order valence-electron chi connectivity index (χ4n) is 1.20. The molecular weight excluding hydrogens is 218 g/mol. The summed E-state index contributed by atoms with van der Waals surface area (Å²) in [6, 6.07) is 4.88. The fourth-order valence-corrected chi connectivity index (χ4v) is 1.20. The van der Waals surface area contributed by atoms with Crippen LogP contribution in [0, 0.1) is 11.8 Å². The summed E-state index contributed by atoms with van der Waals surface area (Å²) in [5.41, 5.74) is 0.699. The lowest BCUT2D eigenvalue weighted by atomic mass is 10.2. The first-order chi connectivity index (χ1) is 8.25. The summed E-state index contributed by atoms with van der Waals surface area (Å²) in [5.74, 6) is 4.74. The number of hydrogen-bond acceptors (Lipinski definition) is 3. The van der Waals surface area contributed by atoms with Crippen LogP contribution >= 0.6 is 0 Å². The number of pyridine rings is 1. The normalized spacial score (nSPS) is 9.41. The molecule has 1 N–H and O–H groups in total. The zero-order chi connectivity index (χ0) is 12.1. The number of rotatable bonds is 2. The molecule has 2 heterocycles. The molecule has 0 bridgehead atoms. The van der Waals surface area contributed by atoms with Gasteiger partial charge in [0.25, 0.3) is 0 Å². The van der Waals surface area contributed by atoms with E-state index in [4.69, 9.17) is 5.11 Å². The Hall–Kier alpha value is -2.61. The van der Waals surface area contributed by atoms with Crippen molar-refractivity contribution in [2.45, 2.75) is 6.54 Å². The summed E-state index contributed by atoms with van der Waals surface area (Å²) < 4.78 is 1.69. The minimum Gasteiger partial charge on any atom is -0.478 e. The van der Waals surface area contributed by atoms with E-state index in [1.165, 1.54) is 12.3 Å². The smallest absolute Gasteiger partial charge is 0.337 e. The van der Waals surface area contributed by atoms with E-state index in [1.807, 2.05) is 12.3 Å². The third-order valence-electron chi connectivity index (χ3n) is 2.03. The highest BCUT2D eigenvalue weighted by Crippen LogP contribution is 1.98. The average molecular weight is 227 g/mol. The lowest BCUT2D eigenvalue weighted by molar-refractivity contribution is 0.0696. The third kappa shape index (κ3) is 2.92. The number of aromatic nitrogens is 3. The van der Waals surface area contributed by atoms with Gasteiger partial charge in [-0.25, -0.2) is 9.78 Å². The van der Waals surface area contributed by atoms with E-state index < -0.39 is 5.97 Å². The lowest BCUT2D eigenvalue weighted by Gasteiger charge is -1.93. The lowest BCUT2D eigenvalue weighted by Crippen LogP contribution is -1.97. The summed E-state index contributed by atoms with van der Waals surface area (Å²) in [7, 11) is 0. The molecule has 5 heteroatoms. The van der Waals surface area contributed by atoms with Crippen molar-refractivity contribution in [1.82, 2.24) is 14.8 Å². The molecule has 0 aliphatic heterocycles. The molecule has 2 rings (SSSR count). The van der Waals surface area contributed by atoms with Crippen LogP contribution in [0.4, 0.5) is 0 Å². The van der Waals surface area contributed by atoms with Gasteiger partial charge in [-0.05, 0) is 24.1 Å². The summed E-state index contributed by atoms with van der Waals surface area (Å²) in [5, 5.41) is 12.7. The Kier molecular flexibility index (Phi) is 3.17. The van der Waals surface area contributed by atoms with Crippen LogP contribution < -0.4 is 0 Å². The molecule has 0 radical (unpaired) electrons. The quantitative estimate of drug-likeness (QED) is 0.778. The zero-order valence-electron chi connectivity index (χ0n) is 8.87.